The van der Waals surface area contributed by atoms with Crippen molar-refractivity contribution in [3.63, 3.8) is 0 Å². The highest BCUT2D eigenvalue weighted by molar-refractivity contribution is 5.97. The van der Waals surface area contributed by atoms with E-state index in [1.54, 1.807) is 14.2 Å². The Labute approximate surface area is 131 Å². The van der Waals surface area contributed by atoms with Crippen LogP contribution in [0.4, 0.5) is 0 Å². The summed E-state index contributed by atoms with van der Waals surface area (Å²) in [5.74, 6) is 1.55. The minimum atomic E-state index is 0.105. The fourth-order valence-electron chi connectivity index (χ4n) is 2.20. The number of rotatable bonds is 8. The molecule has 0 saturated heterocycles. The van der Waals surface area contributed by atoms with Crippen molar-refractivity contribution in [2.24, 2.45) is 0 Å². The predicted molar refractivity (Wildman–Crippen MR) is 86.9 cm³/mol. The highest BCUT2D eigenvalue weighted by atomic mass is 16.5. The molecule has 22 heavy (non-hydrogen) atoms. The van der Waals surface area contributed by atoms with Crippen LogP contribution in [0, 0.1) is 0 Å². The molecule has 0 aliphatic rings. The molecule has 0 fully saturated rings. The zero-order chi connectivity index (χ0) is 15.8. The Hall–Kier alpha value is -2.33. The zero-order valence-electron chi connectivity index (χ0n) is 13.0. The Morgan fingerprint density at radius 3 is 2.41 bits per heavy atom. The molecule has 0 aliphatic heterocycles. The number of carbonyl (C=O) groups excluding carboxylic acids is 1. The molecule has 0 spiro atoms. The van der Waals surface area contributed by atoms with E-state index in [1.807, 2.05) is 48.5 Å². The van der Waals surface area contributed by atoms with E-state index in [4.69, 9.17) is 9.47 Å². The first-order valence-electron chi connectivity index (χ1n) is 7.24. The topological polar surface area (TPSA) is 47.6 Å². The molecule has 0 unspecified atom stereocenters. The van der Waals surface area contributed by atoms with Crippen molar-refractivity contribution in [3.8, 4) is 11.5 Å². The smallest absolute Gasteiger partial charge is 0.176 e. The number of Topliss-reactive ketones (excluding diaryl/α,β-unsaturated/α-hetero) is 1. The number of hydrogen-bond donors (Lipinski definition) is 1. The molecular formula is C18H21NO3. The van der Waals surface area contributed by atoms with Crippen LogP contribution in [-0.2, 0) is 6.42 Å². The minimum absolute atomic E-state index is 0.105. The van der Waals surface area contributed by atoms with E-state index in [0.717, 1.165) is 35.6 Å². The molecule has 2 aromatic carbocycles. The van der Waals surface area contributed by atoms with Crippen molar-refractivity contribution in [2.75, 3.05) is 27.3 Å². The number of ketones is 1. The van der Waals surface area contributed by atoms with Gasteiger partial charge in [0.25, 0.3) is 0 Å². The van der Waals surface area contributed by atoms with Gasteiger partial charge in [0.2, 0.25) is 0 Å². The second-order valence-corrected chi connectivity index (χ2v) is 4.91. The van der Waals surface area contributed by atoms with Gasteiger partial charge in [-0.25, -0.2) is 0 Å². The van der Waals surface area contributed by atoms with Gasteiger partial charge in [-0.3, -0.25) is 4.79 Å². The monoisotopic (exact) mass is 299 g/mol. The number of ether oxygens (including phenoxy) is 2. The number of carbonyl (C=O) groups is 1. The number of methoxy groups -OCH3 is 2. The summed E-state index contributed by atoms with van der Waals surface area (Å²) in [6.45, 7) is 1.07. The molecule has 4 nitrogen and oxygen atoms in total. The number of hydrogen-bond acceptors (Lipinski definition) is 4. The summed E-state index contributed by atoms with van der Waals surface area (Å²) in [6, 6.07) is 15.2. The van der Waals surface area contributed by atoms with E-state index in [2.05, 4.69) is 5.32 Å². The summed E-state index contributed by atoms with van der Waals surface area (Å²) < 4.78 is 10.5. The second-order valence-electron chi connectivity index (χ2n) is 4.91. The molecule has 1 N–H and O–H groups in total. The number of benzene rings is 2. The molecule has 0 saturated carbocycles. The highest BCUT2D eigenvalue weighted by Gasteiger charge is 2.06. The highest BCUT2D eigenvalue weighted by Crippen LogP contribution is 2.27. The molecule has 2 aromatic rings. The van der Waals surface area contributed by atoms with Gasteiger partial charge in [0.15, 0.2) is 17.3 Å². The predicted octanol–water partition coefficient (Wildman–Crippen LogP) is 2.72. The van der Waals surface area contributed by atoms with Gasteiger partial charge in [0.05, 0.1) is 20.8 Å². The lowest BCUT2D eigenvalue weighted by molar-refractivity contribution is 0.0991. The fraction of sp³-hybridized carbons (Fsp3) is 0.278. The Bertz CT molecular complexity index is 611. The lowest BCUT2D eigenvalue weighted by atomic mass is 10.1. The van der Waals surface area contributed by atoms with Gasteiger partial charge in [-0.2, -0.15) is 0 Å². The van der Waals surface area contributed by atoms with E-state index < -0.39 is 0 Å². The van der Waals surface area contributed by atoms with Gasteiger partial charge < -0.3 is 14.8 Å². The Morgan fingerprint density at radius 2 is 1.73 bits per heavy atom. The van der Waals surface area contributed by atoms with Crippen molar-refractivity contribution in [3.05, 3.63) is 59.7 Å². The van der Waals surface area contributed by atoms with Crippen LogP contribution in [0.15, 0.2) is 48.5 Å². The molecule has 0 amide bonds. The largest absolute Gasteiger partial charge is 0.493 e. The third-order valence-corrected chi connectivity index (χ3v) is 3.42. The maximum atomic E-state index is 11.9. The molecule has 0 bridgehead atoms. The maximum Gasteiger partial charge on any atom is 0.176 e. The van der Waals surface area contributed by atoms with Crippen LogP contribution >= 0.6 is 0 Å². The van der Waals surface area contributed by atoms with E-state index in [-0.39, 0.29) is 5.78 Å². The summed E-state index contributed by atoms with van der Waals surface area (Å²) in [7, 11) is 3.24. The van der Waals surface area contributed by atoms with Crippen LogP contribution in [0.25, 0.3) is 0 Å². The van der Waals surface area contributed by atoms with Gasteiger partial charge in [-0.15, -0.1) is 0 Å². The molecule has 0 atom stereocenters. The van der Waals surface area contributed by atoms with E-state index in [9.17, 15) is 4.79 Å². The van der Waals surface area contributed by atoms with Gasteiger partial charge in [-0.05, 0) is 30.7 Å². The summed E-state index contributed by atoms with van der Waals surface area (Å²) in [6.07, 6.45) is 0.822. The third kappa shape index (κ3) is 4.33. The van der Waals surface area contributed by atoms with E-state index in [1.165, 1.54) is 0 Å². The van der Waals surface area contributed by atoms with Gasteiger partial charge in [0, 0.05) is 5.56 Å². The second kappa shape index (κ2) is 8.20. The Morgan fingerprint density at radius 1 is 1.00 bits per heavy atom. The summed E-state index contributed by atoms with van der Waals surface area (Å²) in [4.78, 5) is 11.9. The molecular weight excluding hydrogens is 278 g/mol. The number of nitrogens with one attached hydrogen (secondary N) is 1. The summed E-state index contributed by atoms with van der Waals surface area (Å²) in [5.41, 5.74) is 1.87. The molecule has 0 heterocycles. The van der Waals surface area contributed by atoms with Crippen LogP contribution in [0.3, 0.4) is 0 Å². The van der Waals surface area contributed by atoms with E-state index in [0.29, 0.717) is 6.54 Å². The van der Waals surface area contributed by atoms with Crippen molar-refractivity contribution < 1.29 is 14.3 Å². The SMILES string of the molecule is COc1ccc(CCNCC(=O)c2ccccc2)cc1OC. The summed E-state index contributed by atoms with van der Waals surface area (Å²) in [5, 5.41) is 3.18. The zero-order valence-corrected chi connectivity index (χ0v) is 13.0. The van der Waals surface area contributed by atoms with Crippen LogP contribution in [0.1, 0.15) is 15.9 Å². The Kier molecular flexibility index (Phi) is 5.98. The van der Waals surface area contributed by atoms with Crippen LogP contribution in [0.2, 0.25) is 0 Å². The molecule has 0 radical (unpaired) electrons. The van der Waals surface area contributed by atoms with Crippen molar-refractivity contribution >= 4 is 5.78 Å². The lowest BCUT2D eigenvalue weighted by Gasteiger charge is -2.10. The quantitative estimate of drug-likeness (QED) is 0.601. The molecule has 4 heteroatoms. The van der Waals surface area contributed by atoms with Crippen molar-refractivity contribution in [2.45, 2.75) is 6.42 Å². The van der Waals surface area contributed by atoms with E-state index >= 15 is 0 Å². The molecule has 0 aliphatic carbocycles. The molecule has 116 valence electrons. The normalized spacial score (nSPS) is 10.3. The average molecular weight is 299 g/mol. The van der Waals surface area contributed by atoms with Crippen molar-refractivity contribution in [1.82, 2.24) is 5.32 Å². The lowest BCUT2D eigenvalue weighted by Crippen LogP contribution is -2.25. The minimum Gasteiger partial charge on any atom is -0.493 e. The van der Waals surface area contributed by atoms with Gasteiger partial charge in [-0.1, -0.05) is 36.4 Å². The van der Waals surface area contributed by atoms with Crippen LogP contribution in [0.5, 0.6) is 11.5 Å². The summed E-state index contributed by atoms with van der Waals surface area (Å²) >= 11 is 0. The van der Waals surface area contributed by atoms with Crippen molar-refractivity contribution in [1.29, 1.82) is 0 Å². The maximum absolute atomic E-state index is 11.9. The molecule has 0 aromatic heterocycles. The van der Waals surface area contributed by atoms with Crippen LogP contribution < -0.4 is 14.8 Å². The first-order chi connectivity index (χ1) is 10.7. The standard InChI is InChI=1S/C18H21NO3/c1-21-17-9-8-14(12-18(17)22-2)10-11-19-13-16(20)15-6-4-3-5-7-15/h3-9,12,19H,10-11,13H2,1-2H3. The Balaban J connectivity index is 1.80. The van der Waals surface area contributed by atoms with Gasteiger partial charge >= 0.3 is 0 Å². The third-order valence-electron chi connectivity index (χ3n) is 3.42. The van der Waals surface area contributed by atoms with Gasteiger partial charge in [0.1, 0.15) is 0 Å². The fourth-order valence-corrected chi connectivity index (χ4v) is 2.20. The molecule has 2 rings (SSSR count). The first kappa shape index (κ1) is 16.0. The first-order valence-corrected chi connectivity index (χ1v) is 7.24. The average Bonchev–Trinajstić information content (AvgIpc) is 2.59. The van der Waals surface area contributed by atoms with Crippen LogP contribution in [-0.4, -0.2) is 33.1 Å².